The van der Waals surface area contributed by atoms with E-state index in [-0.39, 0.29) is 37.6 Å². The largest absolute Gasteiger partial charge is 0.445 e. The van der Waals surface area contributed by atoms with Crippen molar-refractivity contribution in [2.45, 2.75) is 71.9 Å². The van der Waals surface area contributed by atoms with Crippen LogP contribution in [0.5, 0.6) is 0 Å². The number of rotatable bonds is 6. The van der Waals surface area contributed by atoms with E-state index >= 15 is 0 Å². The van der Waals surface area contributed by atoms with E-state index in [1.54, 1.807) is 12.1 Å². The fourth-order valence-corrected chi connectivity index (χ4v) is 5.35. The highest BCUT2D eigenvalue weighted by atomic mass is 19.1. The molecule has 1 aromatic carbocycles. The van der Waals surface area contributed by atoms with Crippen molar-refractivity contribution in [1.29, 1.82) is 0 Å². The Balaban J connectivity index is 0.00000101. The van der Waals surface area contributed by atoms with Crippen LogP contribution in [-0.4, -0.2) is 82.4 Å². The molecule has 2 aromatic rings. The summed E-state index contributed by atoms with van der Waals surface area (Å²) in [5.41, 5.74) is 5.69. The van der Waals surface area contributed by atoms with Crippen LogP contribution in [0.15, 0.2) is 43.6 Å². The van der Waals surface area contributed by atoms with Gasteiger partial charge in [-0.25, -0.2) is 14.2 Å². The summed E-state index contributed by atoms with van der Waals surface area (Å²) >= 11 is 0. The Bertz CT molecular complexity index is 1160. The predicted molar refractivity (Wildman–Crippen MR) is 165 cm³/mol. The molecule has 2 saturated heterocycles. The Morgan fingerprint density at radius 2 is 1.84 bits per heavy atom. The summed E-state index contributed by atoms with van der Waals surface area (Å²) in [6, 6.07) is 4.41. The summed E-state index contributed by atoms with van der Waals surface area (Å²) in [4.78, 5) is 43.6. The van der Waals surface area contributed by atoms with E-state index in [2.05, 4.69) is 42.8 Å². The van der Waals surface area contributed by atoms with Gasteiger partial charge in [-0.3, -0.25) is 19.8 Å². The Kier molecular flexibility index (Phi) is 14.6. The Labute approximate surface area is 253 Å². The minimum Gasteiger partial charge on any atom is -0.445 e. The van der Waals surface area contributed by atoms with Crippen LogP contribution in [0, 0.1) is 11.7 Å². The maximum atomic E-state index is 14.9. The number of hydrogen-bond acceptors (Lipinski definition) is 10. The topological polar surface area (TPSA) is 148 Å². The van der Waals surface area contributed by atoms with Crippen molar-refractivity contribution in [3.8, 4) is 0 Å². The van der Waals surface area contributed by atoms with Crippen LogP contribution in [-0.2, 0) is 14.3 Å². The molecule has 238 valence electrons. The van der Waals surface area contributed by atoms with E-state index in [4.69, 9.17) is 4.74 Å². The fraction of sp³-hybridized carbons (Fsp3) is 0.567. The van der Waals surface area contributed by atoms with Crippen molar-refractivity contribution < 1.29 is 23.5 Å². The summed E-state index contributed by atoms with van der Waals surface area (Å²) in [7, 11) is 0. The summed E-state index contributed by atoms with van der Waals surface area (Å²) in [6.07, 6.45) is 7.69. The molecule has 0 radical (unpaired) electrons. The van der Waals surface area contributed by atoms with Crippen molar-refractivity contribution in [3.05, 3.63) is 49.4 Å². The standard InChI is InChI=1S/C25H32FN7O4.C2H5N.C2H6.CH4/c26-20-13-18(29-21-6-8-23(34)30-24(21)35)3-7-22(20)32-11-9-31(10-12-32)14-17-1-4-19(5-2-17)37-25(36)33-16-27-15-28-33;1-2-3;1-2;/h3,7,13,15-17,19,21,29H,1-2,4-6,8-12,14H2,(H,30,34,35);2H,1,3H2;1-2H3;1H4. The van der Waals surface area contributed by atoms with Gasteiger partial charge in [-0.15, -0.1) is 5.10 Å². The first-order chi connectivity index (χ1) is 20.4. The van der Waals surface area contributed by atoms with Gasteiger partial charge < -0.3 is 20.7 Å². The number of carbonyl (C=O) groups excluding carboxylic acids is 3. The summed E-state index contributed by atoms with van der Waals surface area (Å²) in [5.74, 6) is -0.425. The number of anilines is 2. The first kappa shape index (κ1) is 35.2. The number of nitrogens with one attached hydrogen (secondary N) is 2. The molecule has 1 atom stereocenters. The average molecular weight is 603 g/mol. The fourth-order valence-electron chi connectivity index (χ4n) is 5.35. The van der Waals surface area contributed by atoms with Crippen LogP contribution >= 0.6 is 0 Å². The molecule has 0 bridgehead atoms. The van der Waals surface area contributed by atoms with Crippen molar-refractivity contribution in [1.82, 2.24) is 25.0 Å². The monoisotopic (exact) mass is 602 g/mol. The van der Waals surface area contributed by atoms with Crippen molar-refractivity contribution in [2.75, 3.05) is 42.9 Å². The van der Waals surface area contributed by atoms with Gasteiger partial charge in [0.05, 0.1) is 5.69 Å². The van der Waals surface area contributed by atoms with Gasteiger partial charge in [-0.2, -0.15) is 4.68 Å². The third-order valence-electron chi connectivity index (χ3n) is 7.42. The molecule has 3 fully saturated rings. The van der Waals surface area contributed by atoms with E-state index in [0.29, 0.717) is 23.7 Å². The maximum absolute atomic E-state index is 14.9. The van der Waals surface area contributed by atoms with Crippen LogP contribution in [0.3, 0.4) is 0 Å². The van der Waals surface area contributed by atoms with Gasteiger partial charge in [-0.1, -0.05) is 27.9 Å². The van der Waals surface area contributed by atoms with Gasteiger partial charge in [0.1, 0.15) is 30.6 Å². The van der Waals surface area contributed by atoms with E-state index in [1.807, 2.05) is 13.8 Å². The van der Waals surface area contributed by atoms with E-state index in [9.17, 15) is 18.8 Å². The molecule has 1 saturated carbocycles. The molecule has 3 heterocycles. The van der Waals surface area contributed by atoms with Gasteiger partial charge in [-0.05, 0) is 62.4 Å². The number of aromatic nitrogens is 3. The van der Waals surface area contributed by atoms with E-state index in [0.717, 1.165) is 63.1 Å². The maximum Gasteiger partial charge on any atom is 0.436 e. The lowest BCUT2D eigenvalue weighted by molar-refractivity contribution is -0.133. The molecule has 4 N–H and O–H groups in total. The highest BCUT2D eigenvalue weighted by Gasteiger charge is 2.29. The van der Waals surface area contributed by atoms with Crippen LogP contribution in [0.2, 0.25) is 0 Å². The molecule has 5 rings (SSSR count). The smallest absolute Gasteiger partial charge is 0.436 e. The molecule has 3 aliphatic rings. The van der Waals surface area contributed by atoms with Gasteiger partial charge in [0.2, 0.25) is 11.8 Å². The number of ether oxygens (including phenoxy) is 1. The van der Waals surface area contributed by atoms with Crippen LogP contribution in [0.25, 0.3) is 0 Å². The van der Waals surface area contributed by atoms with Gasteiger partial charge in [0.15, 0.2) is 0 Å². The molecular weight excluding hydrogens is 555 g/mol. The number of amides is 2. The van der Waals surface area contributed by atoms with Gasteiger partial charge in [0, 0.05) is 44.8 Å². The number of halogens is 1. The zero-order valence-electron chi connectivity index (χ0n) is 24.5. The zero-order valence-corrected chi connectivity index (χ0v) is 24.5. The molecule has 1 unspecified atom stereocenters. The molecule has 43 heavy (non-hydrogen) atoms. The third-order valence-corrected chi connectivity index (χ3v) is 7.42. The van der Waals surface area contributed by atoms with Crippen molar-refractivity contribution in [3.63, 3.8) is 0 Å². The molecule has 1 aliphatic carbocycles. The number of hydrogen-bond donors (Lipinski definition) is 3. The second-order valence-corrected chi connectivity index (χ2v) is 10.2. The lowest BCUT2D eigenvalue weighted by atomic mass is 9.87. The minimum absolute atomic E-state index is 0. The first-order valence-electron chi connectivity index (χ1n) is 14.6. The van der Waals surface area contributed by atoms with Crippen molar-refractivity contribution in [2.24, 2.45) is 11.7 Å². The quantitative estimate of drug-likeness (QED) is 0.418. The van der Waals surface area contributed by atoms with Crippen LogP contribution < -0.4 is 21.3 Å². The SMILES string of the molecule is C.C=CN.CC.O=C1CCC(Nc2ccc(N3CCN(CC4CCC(OC(=O)n5cncn5)CC4)CC3)c(F)c2)C(=O)N1. The normalized spacial score (nSPS) is 21.9. The van der Waals surface area contributed by atoms with Gasteiger partial charge in [0.25, 0.3) is 0 Å². The number of carbonyl (C=O) groups is 3. The number of piperazine rings is 1. The molecule has 0 spiro atoms. The Morgan fingerprint density at radius 3 is 2.42 bits per heavy atom. The molecule has 13 heteroatoms. The second kappa shape index (κ2) is 17.8. The highest BCUT2D eigenvalue weighted by Crippen LogP contribution is 2.29. The third kappa shape index (κ3) is 10.3. The zero-order chi connectivity index (χ0) is 30.5. The molecule has 2 amide bonds. The number of piperidine rings is 1. The van der Waals surface area contributed by atoms with E-state index in [1.165, 1.54) is 24.9 Å². The number of nitrogens with two attached hydrogens (primary N) is 1. The lowest BCUT2D eigenvalue weighted by Gasteiger charge is -2.39. The van der Waals surface area contributed by atoms with Gasteiger partial charge >= 0.3 is 6.09 Å². The summed E-state index contributed by atoms with van der Waals surface area (Å²) < 4.78 is 21.6. The number of benzene rings is 1. The summed E-state index contributed by atoms with van der Waals surface area (Å²) in [6.45, 7) is 11.3. The highest BCUT2D eigenvalue weighted by molar-refractivity contribution is 6.01. The minimum atomic E-state index is -0.540. The Morgan fingerprint density at radius 1 is 1.16 bits per heavy atom. The van der Waals surface area contributed by atoms with Crippen LogP contribution in [0.1, 0.15) is 59.8 Å². The van der Waals surface area contributed by atoms with Crippen molar-refractivity contribution >= 4 is 29.3 Å². The predicted octanol–water partition coefficient (Wildman–Crippen LogP) is 3.75. The lowest BCUT2D eigenvalue weighted by Crippen LogP contribution is -2.48. The molecule has 12 nitrogen and oxygen atoms in total. The molecule has 2 aliphatic heterocycles. The van der Waals surface area contributed by atoms with Crippen LogP contribution in [0.4, 0.5) is 20.6 Å². The summed E-state index contributed by atoms with van der Waals surface area (Å²) in [5, 5.41) is 9.14. The second-order valence-electron chi connectivity index (χ2n) is 10.2. The molecule has 1 aromatic heterocycles. The Hall–Kier alpha value is -4.00. The number of nitrogens with zero attached hydrogens (tertiary/aromatic N) is 5. The van der Waals surface area contributed by atoms with E-state index < -0.39 is 12.1 Å². The first-order valence-corrected chi connectivity index (χ1v) is 14.6. The molecular formula is C30H47FN8O4. The number of imide groups is 1. The average Bonchev–Trinajstić information content (AvgIpc) is 3.53.